The highest BCUT2D eigenvalue weighted by Gasteiger charge is 2.25. The molecule has 1 aromatic rings. The average molecular weight is 428 g/mol. The molecule has 0 bridgehead atoms. The quantitative estimate of drug-likeness (QED) is 0.357. The normalized spacial score (nSPS) is 13.1. The fraction of sp³-hybridized carbons (Fsp3) is 0.500. The topological polar surface area (TPSA) is 159 Å². The Hall–Kier alpha value is -2.82. The lowest BCUT2D eigenvalue weighted by Gasteiger charge is -2.22. The van der Waals surface area contributed by atoms with E-state index >= 15 is 0 Å². The molecule has 162 valence electrons. The number of primary amides is 1. The monoisotopic (exact) mass is 427 g/mol. The highest BCUT2D eigenvalue weighted by Crippen LogP contribution is 2.16. The lowest BCUT2D eigenvalue weighted by Crippen LogP contribution is -2.49. The highest BCUT2D eigenvalue weighted by molar-refractivity contribution is 7.90. The molecule has 0 heterocycles. The molecule has 0 unspecified atom stereocenters. The zero-order valence-corrected chi connectivity index (χ0v) is 17.6. The number of rotatable bonds is 10. The molecule has 0 fully saturated rings. The summed E-state index contributed by atoms with van der Waals surface area (Å²) in [5.74, 6) is -0.625. The van der Waals surface area contributed by atoms with Gasteiger partial charge in [-0.15, -0.1) is 0 Å². The van der Waals surface area contributed by atoms with Crippen molar-refractivity contribution in [2.24, 2.45) is 11.7 Å². The second kappa shape index (κ2) is 11.2. The minimum absolute atomic E-state index is 0.130. The van der Waals surface area contributed by atoms with Crippen molar-refractivity contribution < 1.29 is 22.8 Å². The fourth-order valence-electron chi connectivity index (χ4n) is 2.39. The summed E-state index contributed by atoms with van der Waals surface area (Å²) in [6, 6.07) is 2.86. The van der Waals surface area contributed by atoms with Crippen LogP contribution in [0.1, 0.15) is 40.0 Å². The SMILES string of the molecule is CCCCNC(=O)NS(=O)(=O)c1ccc(NC(=O)[C@H](NC(N)=O)[C@@H](C)CC)cc1. The molecule has 0 saturated heterocycles. The summed E-state index contributed by atoms with van der Waals surface area (Å²) < 4.78 is 26.4. The Labute approximate surface area is 171 Å². The van der Waals surface area contributed by atoms with E-state index in [9.17, 15) is 22.8 Å². The van der Waals surface area contributed by atoms with Crippen LogP contribution in [0.3, 0.4) is 0 Å². The molecule has 5 amide bonds. The Morgan fingerprint density at radius 2 is 1.72 bits per heavy atom. The van der Waals surface area contributed by atoms with Gasteiger partial charge in [-0.2, -0.15) is 0 Å². The van der Waals surface area contributed by atoms with Gasteiger partial charge in [0.1, 0.15) is 6.04 Å². The summed E-state index contributed by atoms with van der Waals surface area (Å²) in [7, 11) is -4.04. The van der Waals surface area contributed by atoms with Gasteiger partial charge in [-0.3, -0.25) is 4.79 Å². The number of urea groups is 2. The average Bonchev–Trinajstić information content (AvgIpc) is 2.65. The number of nitrogens with two attached hydrogens (primary N) is 1. The van der Waals surface area contributed by atoms with Gasteiger partial charge in [-0.1, -0.05) is 33.6 Å². The Morgan fingerprint density at radius 3 is 2.24 bits per heavy atom. The first-order chi connectivity index (χ1) is 13.6. The van der Waals surface area contributed by atoms with Crippen molar-refractivity contribution in [1.29, 1.82) is 0 Å². The van der Waals surface area contributed by atoms with Crippen molar-refractivity contribution in [3.05, 3.63) is 24.3 Å². The van der Waals surface area contributed by atoms with Crippen LogP contribution in [-0.4, -0.2) is 39.0 Å². The van der Waals surface area contributed by atoms with Crippen molar-refractivity contribution in [2.75, 3.05) is 11.9 Å². The number of carbonyl (C=O) groups excluding carboxylic acids is 3. The molecule has 0 saturated carbocycles. The third kappa shape index (κ3) is 7.98. The van der Waals surface area contributed by atoms with Crippen LogP contribution >= 0.6 is 0 Å². The number of sulfonamides is 1. The zero-order valence-electron chi connectivity index (χ0n) is 16.8. The largest absolute Gasteiger partial charge is 0.352 e. The Balaban J connectivity index is 2.80. The maximum absolute atomic E-state index is 12.4. The molecule has 11 heteroatoms. The van der Waals surface area contributed by atoms with E-state index in [2.05, 4.69) is 16.0 Å². The van der Waals surface area contributed by atoms with Gasteiger partial charge in [-0.25, -0.2) is 22.7 Å². The number of unbranched alkanes of at least 4 members (excludes halogenated alkanes) is 1. The third-order valence-electron chi connectivity index (χ3n) is 4.27. The molecule has 10 nitrogen and oxygen atoms in total. The Bertz CT molecular complexity index is 810. The third-order valence-corrected chi connectivity index (χ3v) is 5.62. The van der Waals surface area contributed by atoms with Gasteiger partial charge in [0.25, 0.3) is 10.0 Å². The summed E-state index contributed by atoms with van der Waals surface area (Å²) in [4.78, 5) is 35.1. The number of hydrogen-bond acceptors (Lipinski definition) is 5. The van der Waals surface area contributed by atoms with Gasteiger partial charge < -0.3 is 21.7 Å². The van der Waals surface area contributed by atoms with Crippen molar-refractivity contribution in [2.45, 2.75) is 51.0 Å². The van der Waals surface area contributed by atoms with Crippen molar-refractivity contribution in [3.8, 4) is 0 Å². The standard InChI is InChI=1S/C18H29N5O5S/c1-4-6-11-20-18(26)23-29(27,28)14-9-7-13(8-10-14)21-16(24)15(12(3)5-2)22-17(19)25/h7-10,12,15H,4-6,11H2,1-3H3,(H,21,24)(H3,19,22,25)(H2,20,23,26)/t12-,15+/m0/s1. The first-order valence-corrected chi connectivity index (χ1v) is 10.9. The number of anilines is 1. The van der Waals surface area contributed by atoms with E-state index in [0.717, 1.165) is 12.8 Å². The van der Waals surface area contributed by atoms with Crippen LogP contribution in [0.2, 0.25) is 0 Å². The Kier molecular flexibility index (Phi) is 9.39. The first kappa shape index (κ1) is 24.2. The van der Waals surface area contributed by atoms with Gasteiger partial charge in [0, 0.05) is 12.2 Å². The lowest BCUT2D eigenvalue weighted by molar-refractivity contribution is -0.119. The molecule has 1 rings (SSSR count). The van der Waals surface area contributed by atoms with Gasteiger partial charge in [0.2, 0.25) is 5.91 Å². The number of nitrogens with one attached hydrogen (secondary N) is 4. The van der Waals surface area contributed by atoms with Gasteiger partial charge >= 0.3 is 12.1 Å². The second-order valence-electron chi connectivity index (χ2n) is 6.60. The number of benzene rings is 1. The molecule has 0 aromatic heterocycles. The summed E-state index contributed by atoms with van der Waals surface area (Å²) >= 11 is 0. The highest BCUT2D eigenvalue weighted by atomic mass is 32.2. The minimum Gasteiger partial charge on any atom is -0.352 e. The fourth-order valence-corrected chi connectivity index (χ4v) is 3.32. The maximum atomic E-state index is 12.4. The molecular formula is C18H29N5O5S. The van der Waals surface area contributed by atoms with Crippen LogP contribution in [0.5, 0.6) is 0 Å². The number of hydrogen-bond donors (Lipinski definition) is 5. The summed E-state index contributed by atoms with van der Waals surface area (Å²) in [6.45, 7) is 6.00. The zero-order chi connectivity index (χ0) is 22.0. The predicted molar refractivity (Wildman–Crippen MR) is 110 cm³/mol. The summed E-state index contributed by atoms with van der Waals surface area (Å²) in [6.07, 6.45) is 2.25. The van der Waals surface area contributed by atoms with E-state index in [1.807, 2.05) is 18.6 Å². The summed E-state index contributed by atoms with van der Waals surface area (Å²) in [5.41, 5.74) is 5.46. The van der Waals surface area contributed by atoms with Crippen LogP contribution in [0.25, 0.3) is 0 Å². The Morgan fingerprint density at radius 1 is 1.10 bits per heavy atom. The number of carbonyl (C=O) groups is 3. The molecule has 0 spiro atoms. The molecule has 29 heavy (non-hydrogen) atoms. The van der Waals surface area contributed by atoms with E-state index in [-0.39, 0.29) is 10.8 Å². The predicted octanol–water partition coefficient (Wildman–Crippen LogP) is 1.50. The van der Waals surface area contributed by atoms with Gasteiger partial charge in [-0.05, 0) is 36.6 Å². The maximum Gasteiger partial charge on any atom is 0.328 e. The van der Waals surface area contributed by atoms with E-state index in [1.165, 1.54) is 24.3 Å². The smallest absolute Gasteiger partial charge is 0.328 e. The van der Waals surface area contributed by atoms with Gasteiger partial charge in [0.15, 0.2) is 0 Å². The lowest BCUT2D eigenvalue weighted by atomic mass is 9.98. The molecule has 0 aliphatic carbocycles. The van der Waals surface area contributed by atoms with E-state index in [1.54, 1.807) is 6.92 Å². The van der Waals surface area contributed by atoms with Gasteiger partial charge in [0.05, 0.1) is 4.90 Å². The minimum atomic E-state index is -4.04. The molecule has 2 atom stereocenters. The van der Waals surface area contributed by atoms with Crippen LogP contribution < -0.4 is 26.4 Å². The van der Waals surface area contributed by atoms with E-state index in [4.69, 9.17) is 5.73 Å². The molecule has 6 N–H and O–H groups in total. The van der Waals surface area contributed by atoms with E-state index < -0.39 is 34.0 Å². The van der Waals surface area contributed by atoms with Crippen molar-refractivity contribution in [3.63, 3.8) is 0 Å². The molecule has 0 aliphatic rings. The second-order valence-corrected chi connectivity index (χ2v) is 8.28. The molecule has 0 aliphatic heterocycles. The summed E-state index contributed by atoms with van der Waals surface area (Å²) in [5, 5.41) is 7.48. The van der Waals surface area contributed by atoms with Crippen LogP contribution in [0.4, 0.5) is 15.3 Å². The molecule has 0 radical (unpaired) electrons. The molecular weight excluding hydrogens is 398 g/mol. The first-order valence-electron chi connectivity index (χ1n) is 9.38. The van der Waals surface area contributed by atoms with Crippen LogP contribution in [-0.2, 0) is 14.8 Å². The van der Waals surface area contributed by atoms with Crippen molar-refractivity contribution in [1.82, 2.24) is 15.4 Å². The van der Waals surface area contributed by atoms with E-state index in [0.29, 0.717) is 18.7 Å². The molecule has 1 aromatic carbocycles. The van der Waals surface area contributed by atoms with Crippen LogP contribution in [0, 0.1) is 5.92 Å². The van der Waals surface area contributed by atoms with Crippen molar-refractivity contribution >= 4 is 33.7 Å². The number of amides is 5. The van der Waals surface area contributed by atoms with Crippen LogP contribution in [0.15, 0.2) is 29.2 Å².